The van der Waals surface area contributed by atoms with Crippen LogP contribution in [-0.2, 0) is 22.6 Å². The van der Waals surface area contributed by atoms with Crippen LogP contribution in [0.3, 0.4) is 0 Å². The van der Waals surface area contributed by atoms with E-state index in [4.69, 9.17) is 4.74 Å². The Balaban J connectivity index is 1.43. The number of carbonyl (C=O) groups is 1. The Hall–Kier alpha value is -2.08. The number of likely N-dealkylation sites (tertiary alicyclic amines) is 1. The highest BCUT2D eigenvalue weighted by Crippen LogP contribution is 2.18. The molecule has 1 aromatic carbocycles. The van der Waals surface area contributed by atoms with Gasteiger partial charge in [0, 0.05) is 59.9 Å². The summed E-state index contributed by atoms with van der Waals surface area (Å²) in [6, 6.07) is 8.52. The molecule has 28 heavy (non-hydrogen) atoms. The van der Waals surface area contributed by atoms with Gasteiger partial charge in [0.05, 0.1) is 0 Å². The van der Waals surface area contributed by atoms with Crippen LogP contribution in [0.15, 0.2) is 29.3 Å². The van der Waals surface area contributed by atoms with Gasteiger partial charge in [-0.1, -0.05) is 24.3 Å². The molecule has 0 radical (unpaired) electrons. The minimum atomic E-state index is 0.276. The molecule has 154 valence electrons. The zero-order valence-corrected chi connectivity index (χ0v) is 17.3. The second-order valence-corrected chi connectivity index (χ2v) is 7.90. The highest BCUT2D eigenvalue weighted by atomic mass is 16.5. The summed E-state index contributed by atoms with van der Waals surface area (Å²) in [5.74, 6) is 1.97. The summed E-state index contributed by atoms with van der Waals surface area (Å²) in [5, 5.41) is 3.46. The van der Waals surface area contributed by atoms with Crippen LogP contribution in [0.25, 0.3) is 0 Å². The van der Waals surface area contributed by atoms with Crippen LogP contribution in [0.1, 0.15) is 43.2 Å². The van der Waals surface area contributed by atoms with Crippen molar-refractivity contribution in [3.63, 3.8) is 0 Å². The monoisotopic (exact) mass is 386 g/mol. The van der Waals surface area contributed by atoms with E-state index in [9.17, 15) is 4.79 Å². The van der Waals surface area contributed by atoms with Crippen molar-refractivity contribution < 1.29 is 9.53 Å². The molecule has 6 nitrogen and oxygen atoms in total. The molecule has 0 aliphatic carbocycles. The van der Waals surface area contributed by atoms with E-state index < -0.39 is 0 Å². The van der Waals surface area contributed by atoms with E-state index in [1.54, 1.807) is 0 Å². The fourth-order valence-corrected chi connectivity index (χ4v) is 3.94. The second kappa shape index (κ2) is 10.5. The van der Waals surface area contributed by atoms with Gasteiger partial charge in [-0.25, -0.2) is 0 Å². The van der Waals surface area contributed by atoms with Crippen LogP contribution < -0.4 is 5.32 Å². The second-order valence-electron chi connectivity index (χ2n) is 7.90. The van der Waals surface area contributed by atoms with Gasteiger partial charge in [-0.15, -0.1) is 0 Å². The highest BCUT2D eigenvalue weighted by Gasteiger charge is 2.20. The van der Waals surface area contributed by atoms with Crippen LogP contribution in [0.5, 0.6) is 0 Å². The Kier molecular flexibility index (Phi) is 7.71. The lowest BCUT2D eigenvalue weighted by molar-refractivity contribution is -0.128. The van der Waals surface area contributed by atoms with Gasteiger partial charge < -0.3 is 19.9 Å². The molecule has 2 heterocycles. The minimum absolute atomic E-state index is 0.276. The zero-order valence-electron chi connectivity index (χ0n) is 17.3. The molecule has 1 aromatic rings. The van der Waals surface area contributed by atoms with Gasteiger partial charge in [0.1, 0.15) is 0 Å². The summed E-state index contributed by atoms with van der Waals surface area (Å²) in [6.07, 6.45) is 5.22. The molecule has 2 saturated heterocycles. The Morgan fingerprint density at radius 1 is 1.25 bits per heavy atom. The minimum Gasteiger partial charge on any atom is -0.381 e. The first-order chi connectivity index (χ1) is 13.7. The lowest BCUT2D eigenvalue weighted by Gasteiger charge is -2.27. The summed E-state index contributed by atoms with van der Waals surface area (Å²) < 4.78 is 5.44. The van der Waals surface area contributed by atoms with Crippen molar-refractivity contribution in [1.29, 1.82) is 0 Å². The topological polar surface area (TPSA) is 57.2 Å². The van der Waals surface area contributed by atoms with Crippen molar-refractivity contribution in [2.24, 2.45) is 10.9 Å². The van der Waals surface area contributed by atoms with Gasteiger partial charge in [0.15, 0.2) is 5.96 Å². The Morgan fingerprint density at radius 2 is 1.96 bits per heavy atom. The number of guanidine groups is 1. The number of hydrogen-bond acceptors (Lipinski definition) is 3. The van der Waals surface area contributed by atoms with Crippen molar-refractivity contribution in [2.75, 3.05) is 40.4 Å². The van der Waals surface area contributed by atoms with Crippen molar-refractivity contribution >= 4 is 11.9 Å². The zero-order chi connectivity index (χ0) is 19.8. The van der Waals surface area contributed by atoms with Gasteiger partial charge in [-0.3, -0.25) is 9.79 Å². The van der Waals surface area contributed by atoms with Crippen LogP contribution >= 0.6 is 0 Å². The number of nitrogens with zero attached hydrogens (tertiary/aromatic N) is 3. The summed E-state index contributed by atoms with van der Waals surface area (Å²) in [7, 11) is 3.94. The van der Waals surface area contributed by atoms with Crippen LogP contribution in [0.2, 0.25) is 0 Å². The maximum Gasteiger partial charge on any atom is 0.222 e. The predicted octanol–water partition coefficient (Wildman–Crippen LogP) is 2.63. The first kappa shape index (κ1) is 20.6. The summed E-state index contributed by atoms with van der Waals surface area (Å²) in [6.45, 7) is 5.18. The van der Waals surface area contributed by atoms with Crippen molar-refractivity contribution in [1.82, 2.24) is 15.1 Å². The summed E-state index contributed by atoms with van der Waals surface area (Å²) in [4.78, 5) is 20.3. The number of amides is 1. The highest BCUT2D eigenvalue weighted by molar-refractivity contribution is 5.79. The Bertz CT molecular complexity index is 653. The van der Waals surface area contributed by atoms with Gasteiger partial charge in [-0.2, -0.15) is 0 Å². The standard InChI is InChI=1S/C22H34N4O2/c1-23-22(25(2)13-9-18-10-14-28-15-11-18)24-16-19-5-7-20(8-6-19)17-26-12-3-4-21(26)27/h5-8,18H,3-4,9-17H2,1-2H3,(H,23,24). The number of nitrogens with one attached hydrogen (secondary N) is 1. The van der Waals surface area contributed by atoms with Crippen molar-refractivity contribution in [3.05, 3.63) is 35.4 Å². The molecular weight excluding hydrogens is 352 g/mol. The third-order valence-electron chi connectivity index (χ3n) is 5.81. The fraction of sp³-hybridized carbons (Fsp3) is 0.636. The van der Waals surface area contributed by atoms with E-state index in [0.717, 1.165) is 57.7 Å². The summed E-state index contributed by atoms with van der Waals surface area (Å²) >= 11 is 0. The quantitative estimate of drug-likeness (QED) is 0.578. The third kappa shape index (κ3) is 5.96. The molecule has 0 spiro atoms. The molecule has 1 N–H and O–H groups in total. The van der Waals surface area contributed by atoms with E-state index in [1.165, 1.54) is 30.4 Å². The number of ether oxygens (including phenoxy) is 1. The third-order valence-corrected chi connectivity index (χ3v) is 5.81. The SMILES string of the molecule is CN=C(NCc1ccc(CN2CCCC2=O)cc1)N(C)CCC1CCOCC1. The molecule has 0 bridgehead atoms. The molecule has 0 atom stereocenters. The molecule has 0 aromatic heterocycles. The number of hydrogen-bond donors (Lipinski definition) is 1. The predicted molar refractivity (Wildman–Crippen MR) is 112 cm³/mol. The molecule has 2 aliphatic rings. The number of rotatable bonds is 7. The van der Waals surface area contributed by atoms with Crippen molar-refractivity contribution in [2.45, 2.75) is 45.2 Å². The average molecular weight is 387 g/mol. The maximum atomic E-state index is 11.8. The fourth-order valence-electron chi connectivity index (χ4n) is 3.94. The largest absolute Gasteiger partial charge is 0.381 e. The lowest BCUT2D eigenvalue weighted by atomic mass is 9.96. The van der Waals surface area contributed by atoms with E-state index in [2.05, 4.69) is 46.5 Å². The number of carbonyl (C=O) groups excluding carboxylic acids is 1. The van der Waals surface area contributed by atoms with Gasteiger partial charge in [0.2, 0.25) is 5.91 Å². The Morgan fingerprint density at radius 3 is 2.61 bits per heavy atom. The number of benzene rings is 1. The number of aliphatic imine (C=N–C) groups is 1. The van der Waals surface area contributed by atoms with Crippen LogP contribution in [-0.4, -0.2) is 62.1 Å². The molecule has 2 aliphatic heterocycles. The molecule has 1 amide bonds. The average Bonchev–Trinajstić information content (AvgIpc) is 3.13. The molecular formula is C22H34N4O2. The van der Waals surface area contributed by atoms with Gasteiger partial charge >= 0.3 is 0 Å². The first-order valence-corrected chi connectivity index (χ1v) is 10.5. The van der Waals surface area contributed by atoms with Gasteiger partial charge in [-0.05, 0) is 42.7 Å². The molecule has 3 rings (SSSR count). The van der Waals surface area contributed by atoms with Crippen LogP contribution in [0, 0.1) is 5.92 Å². The molecule has 0 unspecified atom stereocenters. The van der Waals surface area contributed by atoms with Crippen molar-refractivity contribution in [3.8, 4) is 0 Å². The van der Waals surface area contributed by atoms with E-state index in [0.29, 0.717) is 6.42 Å². The first-order valence-electron chi connectivity index (χ1n) is 10.5. The molecule has 2 fully saturated rings. The lowest BCUT2D eigenvalue weighted by Crippen LogP contribution is -2.39. The van der Waals surface area contributed by atoms with E-state index >= 15 is 0 Å². The molecule has 6 heteroatoms. The maximum absolute atomic E-state index is 11.8. The van der Waals surface area contributed by atoms with E-state index in [-0.39, 0.29) is 5.91 Å². The van der Waals surface area contributed by atoms with E-state index in [1.807, 2.05) is 11.9 Å². The van der Waals surface area contributed by atoms with Crippen LogP contribution in [0.4, 0.5) is 0 Å². The smallest absolute Gasteiger partial charge is 0.222 e. The van der Waals surface area contributed by atoms with Gasteiger partial charge in [0.25, 0.3) is 0 Å². The molecule has 0 saturated carbocycles. The summed E-state index contributed by atoms with van der Waals surface area (Å²) in [5.41, 5.74) is 2.41. The normalized spacial score (nSPS) is 18.6. The Labute approximate surface area is 168 Å².